The molecule has 2 fully saturated rings. The molecule has 1 aromatic carbocycles. The highest BCUT2D eigenvalue weighted by atomic mass is 19.1. The molecule has 4 heteroatoms. The van der Waals surface area contributed by atoms with Crippen LogP contribution in [0.5, 0.6) is 0 Å². The summed E-state index contributed by atoms with van der Waals surface area (Å²) in [5, 5.41) is 0. The van der Waals surface area contributed by atoms with Gasteiger partial charge in [0.05, 0.1) is 6.42 Å². The van der Waals surface area contributed by atoms with Crippen LogP contribution in [-0.2, 0) is 11.2 Å². The molecular formula is C17H23FN2O. The van der Waals surface area contributed by atoms with E-state index in [4.69, 9.17) is 0 Å². The first-order chi connectivity index (χ1) is 10.2. The van der Waals surface area contributed by atoms with Crippen molar-refractivity contribution in [3.05, 3.63) is 35.6 Å². The van der Waals surface area contributed by atoms with E-state index in [1.165, 1.54) is 38.1 Å². The summed E-state index contributed by atoms with van der Waals surface area (Å²) < 4.78 is 12.9. The van der Waals surface area contributed by atoms with Gasteiger partial charge in [-0.1, -0.05) is 12.1 Å². The van der Waals surface area contributed by atoms with Gasteiger partial charge in [0.1, 0.15) is 5.82 Å². The number of hydrogen-bond donors (Lipinski definition) is 0. The summed E-state index contributed by atoms with van der Waals surface area (Å²) in [5.74, 6) is -0.0670. The van der Waals surface area contributed by atoms with Crippen LogP contribution in [0, 0.1) is 5.82 Å². The largest absolute Gasteiger partial charge is 0.338 e. The molecule has 0 aliphatic carbocycles. The van der Waals surface area contributed by atoms with E-state index in [-0.39, 0.29) is 11.7 Å². The fourth-order valence-corrected chi connectivity index (χ4v) is 3.50. The van der Waals surface area contributed by atoms with Gasteiger partial charge in [-0.05, 0) is 56.5 Å². The van der Waals surface area contributed by atoms with Crippen molar-refractivity contribution in [2.75, 3.05) is 26.2 Å². The highest BCUT2D eigenvalue weighted by Crippen LogP contribution is 2.21. The number of nitrogens with zero attached hydrogens (tertiary/aromatic N) is 2. The third kappa shape index (κ3) is 3.62. The van der Waals surface area contributed by atoms with Crippen molar-refractivity contribution in [2.24, 2.45) is 0 Å². The zero-order valence-corrected chi connectivity index (χ0v) is 12.4. The van der Waals surface area contributed by atoms with Crippen LogP contribution in [0.4, 0.5) is 4.39 Å². The van der Waals surface area contributed by atoms with Crippen molar-refractivity contribution < 1.29 is 9.18 Å². The summed E-state index contributed by atoms with van der Waals surface area (Å²) in [6, 6.07) is 6.64. The fraction of sp³-hybridized carbons (Fsp3) is 0.588. The van der Waals surface area contributed by atoms with E-state index in [2.05, 4.69) is 4.90 Å². The molecule has 114 valence electrons. The first kappa shape index (κ1) is 14.5. The molecule has 2 aliphatic rings. The molecule has 2 saturated heterocycles. The van der Waals surface area contributed by atoms with Gasteiger partial charge in [0, 0.05) is 19.1 Å². The average Bonchev–Trinajstić information content (AvgIpc) is 3.13. The molecule has 2 aliphatic heterocycles. The highest BCUT2D eigenvalue weighted by Gasteiger charge is 2.30. The molecule has 3 rings (SSSR count). The van der Waals surface area contributed by atoms with Crippen LogP contribution in [0.3, 0.4) is 0 Å². The first-order valence-electron chi connectivity index (χ1n) is 7.98. The molecule has 1 amide bonds. The number of carbonyl (C=O) groups is 1. The Morgan fingerprint density at radius 2 is 1.81 bits per heavy atom. The Morgan fingerprint density at radius 1 is 1.10 bits per heavy atom. The highest BCUT2D eigenvalue weighted by molar-refractivity contribution is 5.79. The zero-order chi connectivity index (χ0) is 14.7. The summed E-state index contributed by atoms with van der Waals surface area (Å²) >= 11 is 0. The van der Waals surface area contributed by atoms with Gasteiger partial charge < -0.3 is 9.80 Å². The lowest BCUT2D eigenvalue weighted by atomic mass is 10.1. The molecule has 0 N–H and O–H groups in total. The fourth-order valence-electron chi connectivity index (χ4n) is 3.50. The topological polar surface area (TPSA) is 23.6 Å². The Bertz CT molecular complexity index is 482. The summed E-state index contributed by atoms with van der Waals surface area (Å²) in [4.78, 5) is 17.0. The smallest absolute Gasteiger partial charge is 0.227 e. The lowest BCUT2D eigenvalue weighted by Gasteiger charge is -2.28. The van der Waals surface area contributed by atoms with Crippen molar-refractivity contribution in [3.63, 3.8) is 0 Å². The second-order valence-electron chi connectivity index (χ2n) is 6.19. The standard InChI is InChI=1S/C17H23FN2O/c18-15-7-5-14(6-8-15)12-17(21)20-11-3-4-16(20)13-19-9-1-2-10-19/h5-8,16H,1-4,9-13H2/t16-/m1/s1. The molecule has 0 spiro atoms. The van der Waals surface area contributed by atoms with Crippen LogP contribution in [0.2, 0.25) is 0 Å². The minimum atomic E-state index is -0.251. The van der Waals surface area contributed by atoms with E-state index in [0.717, 1.165) is 31.5 Å². The number of halogens is 1. The molecule has 21 heavy (non-hydrogen) atoms. The molecule has 0 unspecified atom stereocenters. The normalized spacial score (nSPS) is 22.9. The SMILES string of the molecule is O=C(Cc1ccc(F)cc1)N1CCC[C@@H]1CN1CCCC1. The molecule has 1 atom stereocenters. The summed E-state index contributed by atoms with van der Waals surface area (Å²) in [6.45, 7) is 4.25. The van der Waals surface area contributed by atoms with Crippen molar-refractivity contribution in [1.82, 2.24) is 9.80 Å². The van der Waals surface area contributed by atoms with Gasteiger partial charge in [-0.15, -0.1) is 0 Å². The van der Waals surface area contributed by atoms with Crippen LogP contribution < -0.4 is 0 Å². The molecule has 0 radical (unpaired) electrons. The van der Waals surface area contributed by atoms with Crippen LogP contribution in [0.1, 0.15) is 31.2 Å². The number of hydrogen-bond acceptors (Lipinski definition) is 2. The number of amides is 1. The predicted molar refractivity (Wildman–Crippen MR) is 80.5 cm³/mol. The summed E-state index contributed by atoms with van der Waals surface area (Å²) in [6.07, 6.45) is 5.18. The second kappa shape index (κ2) is 6.56. The molecule has 1 aromatic rings. The molecule has 0 aromatic heterocycles. The number of benzene rings is 1. The quantitative estimate of drug-likeness (QED) is 0.850. The molecule has 0 bridgehead atoms. The molecular weight excluding hydrogens is 267 g/mol. The minimum absolute atomic E-state index is 0.184. The van der Waals surface area contributed by atoms with Crippen molar-refractivity contribution in [2.45, 2.75) is 38.1 Å². The van der Waals surface area contributed by atoms with E-state index < -0.39 is 0 Å². The lowest BCUT2D eigenvalue weighted by Crippen LogP contribution is -2.43. The Balaban J connectivity index is 1.58. The lowest BCUT2D eigenvalue weighted by molar-refractivity contribution is -0.131. The minimum Gasteiger partial charge on any atom is -0.338 e. The number of carbonyl (C=O) groups excluding carboxylic acids is 1. The summed E-state index contributed by atoms with van der Waals surface area (Å²) in [5.41, 5.74) is 0.897. The number of rotatable bonds is 4. The van der Waals surface area contributed by atoms with Crippen molar-refractivity contribution in [1.29, 1.82) is 0 Å². The Hall–Kier alpha value is -1.42. The van der Waals surface area contributed by atoms with Crippen LogP contribution in [0.25, 0.3) is 0 Å². The Labute approximate surface area is 125 Å². The maximum absolute atomic E-state index is 12.9. The van der Waals surface area contributed by atoms with E-state index >= 15 is 0 Å². The van der Waals surface area contributed by atoms with Crippen molar-refractivity contribution >= 4 is 5.91 Å². The van der Waals surface area contributed by atoms with E-state index in [1.54, 1.807) is 12.1 Å². The van der Waals surface area contributed by atoms with Crippen LogP contribution in [0.15, 0.2) is 24.3 Å². The van der Waals surface area contributed by atoms with Gasteiger partial charge in [0.2, 0.25) is 5.91 Å². The maximum Gasteiger partial charge on any atom is 0.227 e. The molecule has 2 heterocycles. The monoisotopic (exact) mass is 290 g/mol. The first-order valence-corrected chi connectivity index (χ1v) is 7.98. The van der Waals surface area contributed by atoms with Gasteiger partial charge in [-0.3, -0.25) is 4.79 Å². The summed E-state index contributed by atoms with van der Waals surface area (Å²) in [7, 11) is 0. The van der Waals surface area contributed by atoms with Gasteiger partial charge >= 0.3 is 0 Å². The third-order valence-corrected chi connectivity index (χ3v) is 4.63. The number of likely N-dealkylation sites (tertiary alicyclic amines) is 2. The van der Waals surface area contributed by atoms with Crippen LogP contribution >= 0.6 is 0 Å². The van der Waals surface area contributed by atoms with Gasteiger partial charge in [-0.25, -0.2) is 4.39 Å². The third-order valence-electron chi connectivity index (χ3n) is 4.63. The second-order valence-corrected chi connectivity index (χ2v) is 6.19. The van der Waals surface area contributed by atoms with Gasteiger partial charge in [0.25, 0.3) is 0 Å². The molecule has 3 nitrogen and oxygen atoms in total. The Kier molecular flexibility index (Phi) is 4.54. The van der Waals surface area contributed by atoms with E-state index in [1.807, 2.05) is 4.90 Å². The van der Waals surface area contributed by atoms with Crippen molar-refractivity contribution in [3.8, 4) is 0 Å². The Morgan fingerprint density at radius 3 is 2.52 bits per heavy atom. The maximum atomic E-state index is 12.9. The van der Waals surface area contributed by atoms with E-state index in [0.29, 0.717) is 12.5 Å². The van der Waals surface area contributed by atoms with Crippen LogP contribution in [-0.4, -0.2) is 47.9 Å². The average molecular weight is 290 g/mol. The molecule has 0 saturated carbocycles. The predicted octanol–water partition coefficient (Wildman–Crippen LogP) is 2.46. The van der Waals surface area contributed by atoms with Gasteiger partial charge in [0.15, 0.2) is 0 Å². The van der Waals surface area contributed by atoms with Gasteiger partial charge in [-0.2, -0.15) is 0 Å². The zero-order valence-electron chi connectivity index (χ0n) is 12.4. The van der Waals surface area contributed by atoms with E-state index in [9.17, 15) is 9.18 Å².